The van der Waals surface area contributed by atoms with E-state index in [1.165, 1.54) is 12.2 Å². The molecule has 2 amide bonds. The molecule has 208 valence electrons. The van der Waals surface area contributed by atoms with Gasteiger partial charge in [0.2, 0.25) is 11.8 Å². The molecule has 6 aliphatic heterocycles. The van der Waals surface area contributed by atoms with Crippen LogP contribution in [0.25, 0.3) is 0 Å². The van der Waals surface area contributed by atoms with Gasteiger partial charge in [0.25, 0.3) is 0 Å². The lowest BCUT2D eigenvalue weighted by molar-refractivity contribution is -0.125. The second-order valence-electron chi connectivity index (χ2n) is 12.5. The molecule has 6 heterocycles. The fourth-order valence-corrected chi connectivity index (χ4v) is 7.37. The van der Waals surface area contributed by atoms with E-state index in [4.69, 9.17) is 9.47 Å². The Labute approximate surface area is 228 Å². The van der Waals surface area contributed by atoms with Crippen LogP contribution in [-0.2, 0) is 28.7 Å². The van der Waals surface area contributed by atoms with E-state index < -0.39 is 11.1 Å². The summed E-state index contributed by atoms with van der Waals surface area (Å²) in [6.07, 6.45) is 2.21. The molecule has 10 heteroatoms. The molecule has 0 aromatic carbocycles. The monoisotopic (exact) mass is 536 g/mol. The van der Waals surface area contributed by atoms with Crippen LogP contribution in [0.4, 0.5) is 0 Å². The van der Waals surface area contributed by atoms with Crippen molar-refractivity contribution in [1.82, 2.24) is 20.4 Å². The van der Waals surface area contributed by atoms with Crippen LogP contribution in [0.5, 0.6) is 0 Å². The number of Topliss-reactive ketones (excluding diaryl/α,β-unsaturated/α-hetero) is 2. The number of allylic oxidation sites excluding steroid dienone is 2. The highest BCUT2D eigenvalue weighted by Gasteiger charge is 2.74. The van der Waals surface area contributed by atoms with E-state index in [2.05, 4.69) is 10.6 Å². The molecular weight excluding hydrogens is 500 g/mol. The number of rotatable bonds is 6. The summed E-state index contributed by atoms with van der Waals surface area (Å²) in [6.45, 7) is 14.9. The highest BCUT2D eigenvalue weighted by Crippen LogP contribution is 2.57. The van der Waals surface area contributed by atoms with E-state index in [9.17, 15) is 19.2 Å². The summed E-state index contributed by atoms with van der Waals surface area (Å²) >= 11 is 0. The molecule has 0 aromatic heterocycles. The van der Waals surface area contributed by atoms with Crippen molar-refractivity contribution in [3.63, 3.8) is 0 Å². The van der Waals surface area contributed by atoms with Gasteiger partial charge in [0.05, 0.1) is 12.1 Å². The van der Waals surface area contributed by atoms with Crippen molar-refractivity contribution in [1.29, 1.82) is 0 Å². The number of hydrogen-bond donors (Lipinski definition) is 2. The first-order valence-corrected chi connectivity index (χ1v) is 13.6. The molecular formula is C29H36N4O6. The number of epoxide rings is 2. The molecule has 2 N–H and O–H groups in total. The number of ether oxygens (including phenoxy) is 2. The van der Waals surface area contributed by atoms with Crippen molar-refractivity contribution in [2.45, 2.75) is 109 Å². The number of carbonyl (C=O) groups is 4. The summed E-state index contributed by atoms with van der Waals surface area (Å²) in [5, 5.41) is 5.92. The topological polar surface area (TPSA) is 124 Å². The second-order valence-corrected chi connectivity index (χ2v) is 12.5. The zero-order valence-corrected chi connectivity index (χ0v) is 23.7. The van der Waals surface area contributed by atoms with E-state index >= 15 is 0 Å². The molecule has 0 aliphatic carbocycles. The van der Waals surface area contributed by atoms with Crippen molar-refractivity contribution in [3.05, 3.63) is 46.1 Å². The number of amides is 2. The van der Waals surface area contributed by atoms with E-state index in [0.717, 1.165) is 11.1 Å². The number of ketones is 2. The molecule has 0 bridgehead atoms. The third-order valence-electron chi connectivity index (χ3n) is 9.12. The van der Waals surface area contributed by atoms with Gasteiger partial charge < -0.3 is 29.9 Å². The molecule has 0 unspecified atom stereocenters. The van der Waals surface area contributed by atoms with Gasteiger partial charge in [0, 0.05) is 29.7 Å². The van der Waals surface area contributed by atoms with Gasteiger partial charge in [0.1, 0.15) is 47.1 Å². The van der Waals surface area contributed by atoms with Crippen molar-refractivity contribution in [2.24, 2.45) is 0 Å². The summed E-state index contributed by atoms with van der Waals surface area (Å²) in [7, 11) is 0. The first-order chi connectivity index (χ1) is 18.2. The summed E-state index contributed by atoms with van der Waals surface area (Å²) < 4.78 is 11.7. The van der Waals surface area contributed by atoms with E-state index in [0.29, 0.717) is 22.8 Å². The molecule has 0 aromatic rings. The molecule has 8 atom stereocenters. The van der Waals surface area contributed by atoms with Crippen LogP contribution in [-0.4, -0.2) is 80.8 Å². The number of fused-ring (bicyclic) bond motifs is 6. The fraction of sp³-hybridized carbons (Fsp3) is 0.586. The Morgan fingerprint density at radius 1 is 0.769 bits per heavy atom. The highest BCUT2D eigenvalue weighted by atomic mass is 16.6. The zero-order valence-electron chi connectivity index (χ0n) is 23.7. The minimum atomic E-state index is -0.973. The Morgan fingerprint density at radius 2 is 1.13 bits per heavy atom. The normalized spacial score (nSPS) is 38.9. The SMILES string of the molecule is CC(C)=CC(=O)NC1=C(CC2=C(NC(=O)C=C(C)C)N3[C@@H](C)[C@H]4O[C@@H]4[C@@]3(C)C2=O)C(=O)[C@@]2(C)[C@@H]3O[C@H]3[C@@H](C)N12. The van der Waals surface area contributed by atoms with Gasteiger partial charge in [-0.3, -0.25) is 19.2 Å². The summed E-state index contributed by atoms with van der Waals surface area (Å²) in [5.74, 6) is -0.204. The molecule has 0 radical (unpaired) electrons. The maximum atomic E-state index is 14.1. The molecule has 4 saturated heterocycles. The second kappa shape index (κ2) is 8.14. The zero-order chi connectivity index (χ0) is 28.3. The third-order valence-corrected chi connectivity index (χ3v) is 9.12. The van der Waals surface area contributed by atoms with Crippen LogP contribution in [0, 0.1) is 0 Å². The van der Waals surface area contributed by atoms with Crippen LogP contribution >= 0.6 is 0 Å². The lowest BCUT2D eigenvalue weighted by Crippen LogP contribution is -2.52. The van der Waals surface area contributed by atoms with Gasteiger partial charge >= 0.3 is 0 Å². The van der Waals surface area contributed by atoms with Gasteiger partial charge in [-0.25, -0.2) is 0 Å². The largest absolute Gasteiger partial charge is 0.364 e. The van der Waals surface area contributed by atoms with Gasteiger partial charge in [-0.15, -0.1) is 0 Å². The molecule has 10 nitrogen and oxygen atoms in total. The Morgan fingerprint density at radius 3 is 1.46 bits per heavy atom. The Bertz CT molecular complexity index is 1270. The van der Waals surface area contributed by atoms with E-state index in [-0.39, 0.29) is 66.3 Å². The molecule has 6 rings (SSSR count). The van der Waals surface area contributed by atoms with E-state index in [1.807, 2.05) is 65.2 Å². The summed E-state index contributed by atoms with van der Waals surface area (Å²) in [4.78, 5) is 58.0. The third kappa shape index (κ3) is 3.40. The van der Waals surface area contributed by atoms with Gasteiger partial charge in [-0.1, -0.05) is 11.1 Å². The Balaban J connectivity index is 1.45. The Hall–Kier alpha value is -3.24. The quantitative estimate of drug-likeness (QED) is 0.388. The van der Waals surface area contributed by atoms with Crippen molar-refractivity contribution >= 4 is 23.4 Å². The highest BCUT2D eigenvalue weighted by molar-refractivity contribution is 6.13. The number of nitrogens with one attached hydrogen (secondary N) is 2. The van der Waals surface area contributed by atoms with E-state index in [1.54, 1.807) is 0 Å². The van der Waals surface area contributed by atoms with Crippen molar-refractivity contribution < 1.29 is 28.7 Å². The van der Waals surface area contributed by atoms with Crippen LogP contribution in [0.2, 0.25) is 0 Å². The molecule has 6 aliphatic rings. The van der Waals surface area contributed by atoms with Crippen LogP contribution in [0.3, 0.4) is 0 Å². The first-order valence-electron chi connectivity index (χ1n) is 13.6. The number of nitrogens with zero attached hydrogens (tertiary/aromatic N) is 2. The number of morpholine rings is 2. The first kappa shape index (κ1) is 26.0. The average molecular weight is 537 g/mol. The standard InChI is InChI=1S/C29H36N4O6/c1-12(2)9-18(34)30-26-16(22(36)28(7)24-20(38-24)14(5)32(26)28)11-17-23(37)29(8)25-21(39-25)15(6)33(29)27(17)31-19(35)10-13(3)4/h9-10,14-15,20-21,24-25H,11H2,1-8H3,(H,30,34)(H,31,35)/t14-,15+,20+,21-,24-,25+,28+,29-. The molecule has 0 saturated carbocycles. The van der Waals surface area contributed by atoms with Crippen LogP contribution < -0.4 is 10.6 Å². The molecule has 0 spiro atoms. The van der Waals surface area contributed by atoms with Crippen molar-refractivity contribution in [3.8, 4) is 0 Å². The smallest absolute Gasteiger partial charge is 0.249 e. The number of carbonyl (C=O) groups excluding carboxylic acids is 4. The van der Waals surface area contributed by atoms with Crippen LogP contribution in [0.15, 0.2) is 46.1 Å². The average Bonchev–Trinajstić information content (AvgIpc) is 3.72. The predicted molar refractivity (Wildman–Crippen MR) is 141 cm³/mol. The maximum absolute atomic E-state index is 14.1. The van der Waals surface area contributed by atoms with Gasteiger partial charge in [0.15, 0.2) is 11.6 Å². The number of hydrogen-bond acceptors (Lipinski definition) is 8. The van der Waals surface area contributed by atoms with Crippen LogP contribution in [0.1, 0.15) is 61.8 Å². The summed E-state index contributed by atoms with van der Waals surface area (Å²) in [5.41, 5.74) is 0.384. The Kier molecular flexibility index (Phi) is 5.43. The molecule has 39 heavy (non-hydrogen) atoms. The minimum absolute atomic E-state index is 0.0288. The fourth-order valence-electron chi connectivity index (χ4n) is 7.37. The predicted octanol–water partition coefficient (Wildman–Crippen LogP) is 1.59. The molecule has 4 fully saturated rings. The van der Waals surface area contributed by atoms with Gasteiger partial charge in [-0.05, 0) is 55.4 Å². The maximum Gasteiger partial charge on any atom is 0.249 e. The van der Waals surface area contributed by atoms with Crippen molar-refractivity contribution in [2.75, 3.05) is 0 Å². The van der Waals surface area contributed by atoms with Gasteiger partial charge in [-0.2, -0.15) is 0 Å². The minimum Gasteiger partial charge on any atom is -0.364 e. The summed E-state index contributed by atoms with van der Waals surface area (Å²) in [6, 6.07) is -0.260. The lowest BCUT2D eigenvalue weighted by Gasteiger charge is -2.35. The lowest BCUT2D eigenvalue weighted by atomic mass is 9.85.